The van der Waals surface area contributed by atoms with Crippen molar-refractivity contribution in [2.75, 3.05) is 36.3 Å². The standard InChI is InChI=1S/C22H16FNO3.C19H18FNO3.C17H14FNO3/c23-18-12-15(6-7-16-9-11-20-21(13-16)27-14-26-20)8-10-19(18)24-22(25)17-4-2-1-3-5-17;1-12(2)19(22)21-16-7-5-13(9-15(16)20)3-4-14-6-8-17-18(10-14)24-11-23-17;1-11(20)19-15-6-4-12(8-14(15)18)2-3-13-5-7-16-17(9-13)22-10-21-16/h1-13H,14H2,(H,24,25);3-10,12H,11H2,1-2H3,(H,21,22);2-9H,10H2,1H3,(H,19,20)/b7-6+;4-3+;3-2+. The molecule has 0 saturated heterocycles. The van der Waals surface area contributed by atoms with Crippen LogP contribution >= 0.6 is 0 Å². The number of ether oxygens (including phenoxy) is 6. The molecule has 0 fully saturated rings. The highest BCUT2D eigenvalue weighted by molar-refractivity contribution is 6.04. The first-order valence-corrected chi connectivity index (χ1v) is 22.9. The Kier molecular flexibility index (Phi) is 16.2. The van der Waals surface area contributed by atoms with Crippen LogP contribution in [0.25, 0.3) is 36.5 Å². The lowest BCUT2D eigenvalue weighted by Crippen LogP contribution is -2.18. The van der Waals surface area contributed by atoms with Crippen LogP contribution in [-0.2, 0) is 9.59 Å². The number of rotatable bonds is 11. The van der Waals surface area contributed by atoms with E-state index in [-0.39, 0.29) is 61.1 Å². The molecule has 370 valence electrons. The molecule has 0 saturated carbocycles. The predicted octanol–water partition coefficient (Wildman–Crippen LogP) is 13.0. The minimum Gasteiger partial charge on any atom is -0.454 e. The maximum Gasteiger partial charge on any atom is 0.255 e. The van der Waals surface area contributed by atoms with Gasteiger partial charge >= 0.3 is 0 Å². The molecule has 0 radical (unpaired) electrons. The third-order valence-electron chi connectivity index (χ3n) is 11.0. The summed E-state index contributed by atoms with van der Waals surface area (Å²) in [7, 11) is 0. The molecule has 3 aliphatic heterocycles. The molecule has 3 aliphatic rings. The second-order valence-electron chi connectivity index (χ2n) is 16.7. The van der Waals surface area contributed by atoms with Gasteiger partial charge in [-0.15, -0.1) is 0 Å². The molecule has 73 heavy (non-hydrogen) atoms. The number of hydrogen-bond acceptors (Lipinski definition) is 9. The number of amides is 3. The molecule has 0 aliphatic carbocycles. The maximum absolute atomic E-state index is 14.3. The van der Waals surface area contributed by atoms with Crippen molar-refractivity contribution in [2.45, 2.75) is 20.8 Å². The van der Waals surface area contributed by atoms with Gasteiger partial charge in [-0.25, -0.2) is 13.2 Å². The molecular formula is C58H48F3N3O9. The Morgan fingerprint density at radius 1 is 0.425 bits per heavy atom. The molecule has 10 rings (SSSR count). The largest absolute Gasteiger partial charge is 0.454 e. The number of hydrogen-bond donors (Lipinski definition) is 3. The van der Waals surface area contributed by atoms with Crippen molar-refractivity contribution in [1.29, 1.82) is 0 Å². The summed E-state index contributed by atoms with van der Waals surface area (Å²) in [4.78, 5) is 34.7. The Hall–Kier alpha value is -9.24. The number of benzene rings is 7. The van der Waals surface area contributed by atoms with E-state index in [1.807, 2.05) is 78.9 Å². The zero-order chi connectivity index (χ0) is 51.3. The molecule has 7 aromatic carbocycles. The van der Waals surface area contributed by atoms with Gasteiger partial charge in [0.1, 0.15) is 17.5 Å². The summed E-state index contributed by atoms with van der Waals surface area (Å²) in [5.41, 5.74) is 5.84. The SMILES string of the molecule is CC(=O)Nc1ccc(/C=C/c2ccc3c(c2)OCO3)cc1F.CC(C)C(=O)Nc1ccc(/C=C/c2ccc3c(c2)OCO3)cc1F.O=C(Nc1ccc(/C=C/c2ccc3c(c2)OCO3)cc1F)c1ccccc1. The van der Waals surface area contributed by atoms with Crippen LogP contribution in [0.15, 0.2) is 140 Å². The number of carbonyl (C=O) groups is 3. The van der Waals surface area contributed by atoms with Crippen molar-refractivity contribution in [1.82, 2.24) is 0 Å². The van der Waals surface area contributed by atoms with Gasteiger partial charge in [0.2, 0.25) is 32.2 Å². The van der Waals surface area contributed by atoms with E-state index in [1.165, 1.54) is 31.2 Å². The van der Waals surface area contributed by atoms with Crippen molar-refractivity contribution in [3.63, 3.8) is 0 Å². The molecule has 15 heteroatoms. The molecule has 0 aromatic heterocycles. The van der Waals surface area contributed by atoms with E-state index in [0.29, 0.717) is 39.5 Å². The first kappa shape index (κ1) is 50.2. The van der Waals surface area contributed by atoms with Gasteiger partial charge in [-0.05, 0) is 118 Å². The first-order valence-electron chi connectivity index (χ1n) is 22.9. The van der Waals surface area contributed by atoms with Crippen molar-refractivity contribution in [2.24, 2.45) is 5.92 Å². The topological polar surface area (TPSA) is 143 Å². The number of fused-ring (bicyclic) bond motifs is 3. The number of carbonyl (C=O) groups excluding carboxylic acids is 3. The van der Waals surface area contributed by atoms with Crippen LogP contribution in [0.2, 0.25) is 0 Å². The van der Waals surface area contributed by atoms with E-state index in [9.17, 15) is 27.6 Å². The minimum atomic E-state index is -0.493. The first-order chi connectivity index (χ1) is 35.3. The zero-order valence-electron chi connectivity index (χ0n) is 39.7. The summed E-state index contributed by atoms with van der Waals surface area (Å²) in [6.07, 6.45) is 11.0. The molecule has 0 bridgehead atoms. The molecule has 7 aromatic rings. The van der Waals surface area contributed by atoms with Gasteiger partial charge in [-0.2, -0.15) is 0 Å². The molecule has 0 atom stereocenters. The Morgan fingerprint density at radius 3 is 1.11 bits per heavy atom. The van der Waals surface area contributed by atoms with Crippen LogP contribution < -0.4 is 44.4 Å². The summed E-state index contributed by atoms with van der Waals surface area (Å²) >= 11 is 0. The summed E-state index contributed by atoms with van der Waals surface area (Å²) in [5.74, 6) is 1.79. The third-order valence-corrected chi connectivity index (χ3v) is 11.0. The van der Waals surface area contributed by atoms with Crippen LogP contribution in [-0.4, -0.2) is 38.1 Å². The Labute approximate surface area is 419 Å². The third kappa shape index (κ3) is 13.8. The quantitative estimate of drug-likeness (QED) is 0.108. The molecule has 3 N–H and O–H groups in total. The Balaban J connectivity index is 0.000000147. The smallest absolute Gasteiger partial charge is 0.255 e. The lowest BCUT2D eigenvalue weighted by atomic mass is 10.1. The average Bonchev–Trinajstić information content (AvgIpc) is 4.19. The number of halogens is 3. The summed E-state index contributed by atoms with van der Waals surface area (Å²) in [6.45, 7) is 5.55. The van der Waals surface area contributed by atoms with E-state index >= 15 is 0 Å². The van der Waals surface area contributed by atoms with Crippen LogP contribution in [0.5, 0.6) is 34.5 Å². The van der Waals surface area contributed by atoms with Crippen molar-refractivity contribution in [3.05, 3.63) is 196 Å². The van der Waals surface area contributed by atoms with E-state index in [4.69, 9.17) is 28.4 Å². The monoisotopic (exact) mass is 987 g/mol. The average molecular weight is 988 g/mol. The lowest BCUT2D eigenvalue weighted by Gasteiger charge is -2.09. The second kappa shape index (κ2) is 23.6. The van der Waals surface area contributed by atoms with Crippen molar-refractivity contribution < 1.29 is 56.0 Å². The van der Waals surface area contributed by atoms with E-state index in [2.05, 4.69) is 16.0 Å². The van der Waals surface area contributed by atoms with Crippen LogP contribution in [0, 0.1) is 23.4 Å². The fourth-order valence-corrected chi connectivity index (χ4v) is 7.09. The van der Waals surface area contributed by atoms with E-state index < -0.39 is 17.5 Å². The van der Waals surface area contributed by atoms with Crippen LogP contribution in [0.1, 0.15) is 64.5 Å². The van der Waals surface area contributed by atoms with Gasteiger partial charge in [0, 0.05) is 18.4 Å². The minimum absolute atomic E-state index is 0.143. The lowest BCUT2D eigenvalue weighted by molar-refractivity contribution is -0.119. The van der Waals surface area contributed by atoms with Gasteiger partial charge in [0.05, 0.1) is 17.1 Å². The van der Waals surface area contributed by atoms with Gasteiger partial charge in [0.15, 0.2) is 34.5 Å². The summed E-state index contributed by atoms with van der Waals surface area (Å²) in [5, 5.41) is 7.59. The summed E-state index contributed by atoms with van der Waals surface area (Å²) < 4.78 is 74.0. The van der Waals surface area contributed by atoms with Crippen LogP contribution in [0.4, 0.5) is 30.2 Å². The second-order valence-corrected chi connectivity index (χ2v) is 16.7. The van der Waals surface area contributed by atoms with Gasteiger partial charge in [-0.1, -0.05) is 105 Å². The van der Waals surface area contributed by atoms with Crippen molar-refractivity contribution in [3.8, 4) is 34.5 Å². The number of anilines is 3. The number of nitrogens with one attached hydrogen (secondary N) is 3. The molecule has 0 spiro atoms. The highest BCUT2D eigenvalue weighted by atomic mass is 19.1. The molecule has 0 unspecified atom stereocenters. The predicted molar refractivity (Wildman–Crippen MR) is 276 cm³/mol. The molecule has 3 heterocycles. The van der Waals surface area contributed by atoms with Crippen LogP contribution in [0.3, 0.4) is 0 Å². The maximum atomic E-state index is 14.3. The molecule has 3 amide bonds. The van der Waals surface area contributed by atoms with Gasteiger partial charge in [-0.3, -0.25) is 14.4 Å². The summed E-state index contributed by atoms with van der Waals surface area (Å²) in [6, 6.07) is 39.5. The Bertz CT molecular complexity index is 3250. The highest BCUT2D eigenvalue weighted by Crippen LogP contribution is 2.35. The van der Waals surface area contributed by atoms with E-state index in [0.717, 1.165) is 33.9 Å². The van der Waals surface area contributed by atoms with E-state index in [1.54, 1.807) is 86.7 Å². The Morgan fingerprint density at radius 2 is 0.753 bits per heavy atom. The zero-order valence-corrected chi connectivity index (χ0v) is 39.7. The van der Waals surface area contributed by atoms with Gasteiger partial charge in [0.25, 0.3) is 5.91 Å². The molecular weight excluding hydrogens is 940 g/mol. The normalized spacial score (nSPS) is 12.6. The highest BCUT2D eigenvalue weighted by Gasteiger charge is 2.16. The fourth-order valence-electron chi connectivity index (χ4n) is 7.09. The fraction of sp³-hybridized carbons (Fsp3) is 0.121. The van der Waals surface area contributed by atoms with Gasteiger partial charge < -0.3 is 44.4 Å². The van der Waals surface area contributed by atoms with Crippen molar-refractivity contribution >= 4 is 71.2 Å². The molecule has 12 nitrogen and oxygen atoms in total.